The predicted octanol–water partition coefficient (Wildman–Crippen LogP) is 6.34. The number of hydrogen-bond donors (Lipinski definition) is 0. The standard InChI is InChI=1S/C28H20Se2/c1-3-7-19-17(5-1)9-11-23-21(19)13-15-25-27(23)29-26-16-14-22-20-8-4-2-6-18(20)10-12-24(22)28(26)30-25/h1-12H,13-16H2. The van der Waals surface area contributed by atoms with Crippen LogP contribution in [0.4, 0.5) is 0 Å². The van der Waals surface area contributed by atoms with E-state index in [4.69, 9.17) is 0 Å². The van der Waals surface area contributed by atoms with Crippen LogP contribution in [0.2, 0.25) is 0 Å². The van der Waals surface area contributed by atoms with Gasteiger partial charge in [0.05, 0.1) is 0 Å². The number of benzene rings is 4. The predicted molar refractivity (Wildman–Crippen MR) is 130 cm³/mol. The van der Waals surface area contributed by atoms with Crippen LogP contribution >= 0.6 is 0 Å². The number of hydrogen-bond acceptors (Lipinski definition) is 0. The first-order chi connectivity index (χ1) is 14.9. The summed E-state index contributed by atoms with van der Waals surface area (Å²) in [5, 5.41) is 5.75. The van der Waals surface area contributed by atoms with Crippen molar-refractivity contribution in [2.24, 2.45) is 0 Å². The molecule has 1 heterocycles. The Morgan fingerprint density at radius 3 is 1.43 bits per heavy atom. The van der Waals surface area contributed by atoms with E-state index in [0.29, 0.717) is 29.9 Å². The molecule has 2 heteroatoms. The van der Waals surface area contributed by atoms with Gasteiger partial charge in [-0.1, -0.05) is 0 Å². The molecule has 0 nitrogen and oxygen atoms in total. The summed E-state index contributed by atoms with van der Waals surface area (Å²) in [4.78, 5) is 0. The van der Waals surface area contributed by atoms with E-state index >= 15 is 0 Å². The minimum atomic E-state index is 0.478. The van der Waals surface area contributed by atoms with Crippen LogP contribution in [0.25, 0.3) is 30.5 Å². The first kappa shape index (κ1) is 17.6. The van der Waals surface area contributed by atoms with Crippen LogP contribution in [0.5, 0.6) is 0 Å². The van der Waals surface area contributed by atoms with Gasteiger partial charge >= 0.3 is 190 Å². The second kappa shape index (κ2) is 6.71. The van der Waals surface area contributed by atoms with Crippen LogP contribution in [0, 0.1) is 0 Å². The molecule has 0 bridgehead atoms. The molecule has 0 radical (unpaired) electrons. The summed E-state index contributed by atoms with van der Waals surface area (Å²) in [6.45, 7) is 0. The third kappa shape index (κ3) is 2.52. The Labute approximate surface area is 189 Å². The summed E-state index contributed by atoms with van der Waals surface area (Å²) in [6.07, 6.45) is 4.94. The molecule has 4 aromatic rings. The Morgan fingerprint density at radius 1 is 0.467 bits per heavy atom. The van der Waals surface area contributed by atoms with E-state index in [2.05, 4.69) is 72.8 Å². The topological polar surface area (TPSA) is 0 Å². The van der Waals surface area contributed by atoms with Crippen LogP contribution in [-0.4, -0.2) is 29.9 Å². The third-order valence-electron chi connectivity index (χ3n) is 6.73. The molecule has 0 spiro atoms. The Bertz CT molecular complexity index is 1330. The van der Waals surface area contributed by atoms with Crippen molar-refractivity contribution in [2.75, 3.05) is 0 Å². The molecule has 2 aliphatic carbocycles. The van der Waals surface area contributed by atoms with Crippen LogP contribution in [0.1, 0.15) is 35.1 Å². The maximum absolute atomic E-state index is 2.43. The average Bonchev–Trinajstić information content (AvgIpc) is 2.82. The summed E-state index contributed by atoms with van der Waals surface area (Å²) in [5.41, 5.74) is 6.37. The molecule has 0 fully saturated rings. The fraction of sp³-hybridized carbons (Fsp3) is 0.143. The summed E-state index contributed by atoms with van der Waals surface area (Å²) >= 11 is 0.956. The molecule has 0 unspecified atom stereocenters. The van der Waals surface area contributed by atoms with E-state index in [9.17, 15) is 0 Å². The van der Waals surface area contributed by atoms with E-state index in [1.165, 1.54) is 47.2 Å². The van der Waals surface area contributed by atoms with Crippen molar-refractivity contribution >= 4 is 60.4 Å². The summed E-state index contributed by atoms with van der Waals surface area (Å²) < 4.78 is 7.03. The van der Waals surface area contributed by atoms with Gasteiger partial charge < -0.3 is 0 Å². The molecule has 1 aliphatic heterocycles. The van der Waals surface area contributed by atoms with Gasteiger partial charge in [0.25, 0.3) is 0 Å². The third-order valence-corrected chi connectivity index (χ3v) is 13.6. The second-order valence-electron chi connectivity index (χ2n) is 8.33. The van der Waals surface area contributed by atoms with Gasteiger partial charge in [-0.15, -0.1) is 0 Å². The van der Waals surface area contributed by atoms with Gasteiger partial charge in [-0.3, -0.25) is 0 Å². The van der Waals surface area contributed by atoms with E-state index in [-0.39, 0.29) is 0 Å². The van der Waals surface area contributed by atoms with Crippen molar-refractivity contribution in [1.82, 2.24) is 0 Å². The molecule has 7 rings (SSSR count). The SMILES string of the molecule is c1ccc2c3c(ccc2c1)C1=C(CC3)[Se]C2=C(CCc3c2ccc2ccccc32)[Se]1. The molecule has 0 aromatic heterocycles. The van der Waals surface area contributed by atoms with E-state index in [0.717, 1.165) is 0 Å². The van der Waals surface area contributed by atoms with Crippen LogP contribution in [-0.2, 0) is 12.8 Å². The Balaban J connectivity index is 1.36. The molecule has 144 valence electrons. The summed E-state index contributed by atoms with van der Waals surface area (Å²) in [5.74, 6) is 0. The van der Waals surface area contributed by atoms with E-state index in [1.54, 1.807) is 40.1 Å². The van der Waals surface area contributed by atoms with Crippen molar-refractivity contribution in [3.63, 3.8) is 0 Å². The second-order valence-corrected chi connectivity index (χ2v) is 13.0. The van der Waals surface area contributed by atoms with Gasteiger partial charge in [0.15, 0.2) is 0 Å². The van der Waals surface area contributed by atoms with Gasteiger partial charge in [0, 0.05) is 0 Å². The van der Waals surface area contributed by atoms with Gasteiger partial charge in [0.1, 0.15) is 0 Å². The number of aryl methyl sites for hydroxylation is 2. The van der Waals surface area contributed by atoms with Crippen molar-refractivity contribution in [2.45, 2.75) is 25.7 Å². The molecular weight excluding hydrogens is 494 g/mol. The number of allylic oxidation sites excluding steroid dienone is 2. The number of fused-ring (bicyclic) bond motifs is 8. The molecular formula is C28H20Se2. The first-order valence-corrected chi connectivity index (χ1v) is 14.1. The Kier molecular flexibility index (Phi) is 3.93. The van der Waals surface area contributed by atoms with E-state index in [1.807, 2.05) is 0 Å². The molecule has 4 aromatic carbocycles. The number of rotatable bonds is 0. The van der Waals surface area contributed by atoms with Crippen LogP contribution in [0.15, 0.2) is 81.7 Å². The van der Waals surface area contributed by atoms with Gasteiger partial charge in [-0.25, -0.2) is 0 Å². The maximum atomic E-state index is 2.43. The molecule has 3 aliphatic rings. The van der Waals surface area contributed by atoms with Crippen molar-refractivity contribution in [3.8, 4) is 0 Å². The fourth-order valence-corrected chi connectivity index (χ4v) is 12.0. The van der Waals surface area contributed by atoms with Gasteiger partial charge in [0.2, 0.25) is 0 Å². The monoisotopic (exact) mass is 516 g/mol. The Hall–Kier alpha value is -2.08. The van der Waals surface area contributed by atoms with Crippen molar-refractivity contribution in [3.05, 3.63) is 104 Å². The van der Waals surface area contributed by atoms with Crippen LogP contribution < -0.4 is 0 Å². The summed E-state index contributed by atoms with van der Waals surface area (Å²) in [6, 6.07) is 27.5. The normalized spacial score (nSPS) is 17.6. The van der Waals surface area contributed by atoms with Gasteiger partial charge in [-0.05, 0) is 0 Å². The zero-order valence-corrected chi connectivity index (χ0v) is 20.0. The average molecular weight is 514 g/mol. The van der Waals surface area contributed by atoms with Gasteiger partial charge in [-0.2, -0.15) is 0 Å². The zero-order chi connectivity index (χ0) is 19.7. The quantitative estimate of drug-likeness (QED) is 0.240. The Morgan fingerprint density at radius 2 is 0.933 bits per heavy atom. The fourth-order valence-electron chi connectivity index (χ4n) is 5.31. The van der Waals surface area contributed by atoms with Crippen LogP contribution in [0.3, 0.4) is 0 Å². The molecule has 30 heavy (non-hydrogen) atoms. The van der Waals surface area contributed by atoms with E-state index < -0.39 is 0 Å². The summed E-state index contributed by atoms with van der Waals surface area (Å²) in [7, 11) is 0. The molecule has 0 saturated carbocycles. The molecule has 0 saturated heterocycles. The van der Waals surface area contributed by atoms with Crippen molar-refractivity contribution in [1.29, 1.82) is 0 Å². The zero-order valence-electron chi connectivity index (χ0n) is 16.6. The minimum absolute atomic E-state index is 0.478. The molecule has 0 amide bonds. The molecule has 0 atom stereocenters. The first-order valence-electron chi connectivity index (χ1n) is 10.7. The molecule has 0 N–H and O–H groups in total. The van der Waals surface area contributed by atoms with Crippen molar-refractivity contribution < 1.29 is 0 Å².